The van der Waals surface area contributed by atoms with E-state index in [9.17, 15) is 9.18 Å². The van der Waals surface area contributed by atoms with Crippen LogP contribution in [-0.4, -0.2) is 28.1 Å². The second kappa shape index (κ2) is 7.72. The zero-order chi connectivity index (χ0) is 19.6. The van der Waals surface area contributed by atoms with E-state index in [1.807, 2.05) is 32.9 Å². The van der Waals surface area contributed by atoms with E-state index >= 15 is 0 Å². The number of nitrogens with one attached hydrogen (secondary N) is 1. The molecule has 27 heavy (non-hydrogen) atoms. The number of pyridine rings is 1. The van der Waals surface area contributed by atoms with E-state index in [2.05, 4.69) is 10.3 Å². The van der Waals surface area contributed by atoms with Gasteiger partial charge in [0.25, 0.3) is 0 Å². The first-order valence-electron chi connectivity index (χ1n) is 8.86. The van der Waals surface area contributed by atoms with Crippen molar-refractivity contribution < 1.29 is 13.9 Å². The fourth-order valence-electron chi connectivity index (χ4n) is 2.84. The molecule has 2 heterocycles. The van der Waals surface area contributed by atoms with Gasteiger partial charge in [-0.05, 0) is 51.0 Å². The molecule has 1 N–H and O–H groups in total. The maximum atomic E-state index is 13.9. The average Bonchev–Trinajstić information content (AvgIpc) is 2.59. The minimum atomic E-state index is -0.531. The highest BCUT2D eigenvalue weighted by Gasteiger charge is 2.26. The number of benzene rings is 1. The van der Waals surface area contributed by atoms with Crippen LogP contribution in [0.15, 0.2) is 30.3 Å². The SMILES string of the molecule is CC(C)(C)OC(=O)N1CCc2ccc(NCc3ccc(Cl)cc3F)nc2C1. The van der Waals surface area contributed by atoms with Gasteiger partial charge in [-0.1, -0.05) is 23.7 Å². The number of halogens is 2. The zero-order valence-electron chi connectivity index (χ0n) is 15.7. The molecule has 144 valence electrons. The lowest BCUT2D eigenvalue weighted by molar-refractivity contribution is 0.0221. The third kappa shape index (κ3) is 5.10. The Morgan fingerprint density at radius 3 is 2.81 bits per heavy atom. The normalized spacial score (nSPS) is 13.9. The van der Waals surface area contributed by atoms with E-state index in [1.165, 1.54) is 6.07 Å². The van der Waals surface area contributed by atoms with Gasteiger partial charge in [-0.2, -0.15) is 0 Å². The second-order valence-corrected chi connectivity index (χ2v) is 7.98. The Balaban J connectivity index is 1.67. The smallest absolute Gasteiger partial charge is 0.410 e. The summed E-state index contributed by atoms with van der Waals surface area (Å²) in [5.41, 5.74) is 1.91. The van der Waals surface area contributed by atoms with Crippen molar-refractivity contribution in [1.29, 1.82) is 0 Å². The predicted octanol–water partition coefficient (Wildman–Crippen LogP) is 4.78. The molecule has 0 saturated carbocycles. The minimum absolute atomic E-state index is 0.296. The maximum absolute atomic E-state index is 13.9. The zero-order valence-corrected chi connectivity index (χ0v) is 16.4. The van der Waals surface area contributed by atoms with Crippen molar-refractivity contribution in [3.05, 3.63) is 58.0 Å². The van der Waals surface area contributed by atoms with Crippen LogP contribution < -0.4 is 5.32 Å². The van der Waals surface area contributed by atoms with Gasteiger partial charge in [0, 0.05) is 23.7 Å². The third-order valence-corrected chi connectivity index (χ3v) is 4.42. The van der Waals surface area contributed by atoms with Crippen molar-refractivity contribution >= 4 is 23.5 Å². The van der Waals surface area contributed by atoms with E-state index in [-0.39, 0.29) is 11.9 Å². The molecule has 0 atom stereocenters. The predicted molar refractivity (Wildman–Crippen MR) is 103 cm³/mol. The van der Waals surface area contributed by atoms with Crippen molar-refractivity contribution in [3.63, 3.8) is 0 Å². The second-order valence-electron chi connectivity index (χ2n) is 7.54. The van der Waals surface area contributed by atoms with Gasteiger partial charge in [0.05, 0.1) is 12.2 Å². The summed E-state index contributed by atoms with van der Waals surface area (Å²) in [7, 11) is 0. The Morgan fingerprint density at radius 2 is 2.11 bits per heavy atom. The molecule has 5 nitrogen and oxygen atoms in total. The summed E-state index contributed by atoms with van der Waals surface area (Å²) in [6.45, 7) is 6.84. The van der Waals surface area contributed by atoms with E-state index in [0.717, 1.165) is 17.7 Å². The molecule has 1 aliphatic rings. The lowest BCUT2D eigenvalue weighted by atomic mass is 10.1. The van der Waals surface area contributed by atoms with E-state index < -0.39 is 5.60 Å². The average molecular weight is 392 g/mol. The van der Waals surface area contributed by atoms with Gasteiger partial charge in [0.2, 0.25) is 0 Å². The van der Waals surface area contributed by atoms with Crippen molar-refractivity contribution in [2.75, 3.05) is 11.9 Å². The van der Waals surface area contributed by atoms with Crippen LogP contribution in [0.1, 0.15) is 37.6 Å². The first kappa shape index (κ1) is 19.4. The summed E-state index contributed by atoms with van der Waals surface area (Å²) >= 11 is 5.78. The number of hydrogen-bond acceptors (Lipinski definition) is 4. The third-order valence-electron chi connectivity index (χ3n) is 4.19. The van der Waals surface area contributed by atoms with E-state index in [4.69, 9.17) is 16.3 Å². The lowest BCUT2D eigenvalue weighted by Crippen LogP contribution is -2.40. The summed E-state index contributed by atoms with van der Waals surface area (Å²) < 4.78 is 19.3. The van der Waals surface area contributed by atoms with Crippen molar-refractivity contribution in [2.24, 2.45) is 0 Å². The quantitative estimate of drug-likeness (QED) is 0.818. The largest absolute Gasteiger partial charge is 0.444 e. The highest BCUT2D eigenvalue weighted by atomic mass is 35.5. The first-order chi connectivity index (χ1) is 12.7. The number of hydrogen-bond donors (Lipinski definition) is 1. The fourth-order valence-corrected chi connectivity index (χ4v) is 3.00. The molecule has 0 fully saturated rings. The number of fused-ring (bicyclic) bond motifs is 1. The molecule has 0 saturated heterocycles. The van der Waals surface area contributed by atoms with Crippen LogP contribution in [0.4, 0.5) is 15.0 Å². The number of amides is 1. The van der Waals surface area contributed by atoms with Crippen molar-refractivity contribution in [1.82, 2.24) is 9.88 Å². The Labute approximate surface area is 163 Å². The summed E-state index contributed by atoms with van der Waals surface area (Å²) in [4.78, 5) is 18.5. The molecule has 1 aliphatic heterocycles. The summed E-state index contributed by atoms with van der Waals surface area (Å²) in [5, 5.41) is 3.49. The van der Waals surface area contributed by atoms with E-state index in [0.29, 0.717) is 36.0 Å². The highest BCUT2D eigenvalue weighted by molar-refractivity contribution is 6.30. The minimum Gasteiger partial charge on any atom is -0.444 e. The van der Waals surface area contributed by atoms with Gasteiger partial charge in [-0.3, -0.25) is 0 Å². The molecule has 0 aliphatic carbocycles. The number of carbonyl (C=O) groups excluding carboxylic acids is 1. The van der Waals surface area contributed by atoms with Gasteiger partial charge in [0.1, 0.15) is 17.2 Å². The molecule has 0 unspecified atom stereocenters. The van der Waals surface area contributed by atoms with Crippen LogP contribution in [0, 0.1) is 5.82 Å². The molecular weight excluding hydrogens is 369 g/mol. The van der Waals surface area contributed by atoms with E-state index in [1.54, 1.807) is 17.0 Å². The topological polar surface area (TPSA) is 54.5 Å². The number of ether oxygens (including phenoxy) is 1. The molecular formula is C20H23ClFN3O2. The number of aromatic nitrogens is 1. The van der Waals surface area contributed by atoms with Crippen LogP contribution in [0.3, 0.4) is 0 Å². The Bertz CT molecular complexity index is 852. The number of anilines is 1. The van der Waals surface area contributed by atoms with Gasteiger partial charge >= 0.3 is 6.09 Å². The molecule has 0 radical (unpaired) electrons. The number of nitrogens with zero attached hydrogens (tertiary/aromatic N) is 2. The lowest BCUT2D eigenvalue weighted by Gasteiger charge is -2.30. The molecule has 0 bridgehead atoms. The first-order valence-corrected chi connectivity index (χ1v) is 9.23. The Kier molecular flexibility index (Phi) is 5.56. The van der Waals surface area contributed by atoms with Gasteiger partial charge in [0.15, 0.2) is 0 Å². The molecule has 7 heteroatoms. The molecule has 1 aromatic heterocycles. The fraction of sp³-hybridized carbons (Fsp3) is 0.400. The molecule has 1 amide bonds. The monoisotopic (exact) mass is 391 g/mol. The van der Waals surface area contributed by atoms with Crippen LogP contribution in [0.25, 0.3) is 0 Å². The molecule has 1 aromatic carbocycles. The van der Waals surface area contributed by atoms with Gasteiger partial charge < -0.3 is 15.0 Å². The van der Waals surface area contributed by atoms with Gasteiger partial charge in [-0.25, -0.2) is 14.2 Å². The van der Waals surface area contributed by atoms with Crippen molar-refractivity contribution in [3.8, 4) is 0 Å². The van der Waals surface area contributed by atoms with Crippen LogP contribution in [0.2, 0.25) is 5.02 Å². The Hall–Kier alpha value is -2.34. The van der Waals surface area contributed by atoms with Crippen LogP contribution >= 0.6 is 11.6 Å². The van der Waals surface area contributed by atoms with Crippen LogP contribution in [0.5, 0.6) is 0 Å². The number of rotatable bonds is 3. The maximum Gasteiger partial charge on any atom is 0.410 e. The summed E-state index contributed by atoms with van der Waals surface area (Å²) in [6, 6.07) is 8.45. The highest BCUT2D eigenvalue weighted by Crippen LogP contribution is 2.22. The Morgan fingerprint density at radius 1 is 1.33 bits per heavy atom. The number of carbonyl (C=O) groups is 1. The van der Waals surface area contributed by atoms with Gasteiger partial charge in [-0.15, -0.1) is 0 Å². The van der Waals surface area contributed by atoms with Crippen LogP contribution in [-0.2, 0) is 24.2 Å². The molecule has 3 rings (SSSR count). The standard InChI is InChI=1S/C20H23ClFN3O2/c1-20(2,3)27-19(26)25-9-8-13-5-7-18(24-17(13)12-25)23-11-14-4-6-15(21)10-16(14)22/h4-7,10H,8-9,11-12H2,1-3H3,(H,23,24). The molecule has 2 aromatic rings. The summed E-state index contributed by atoms with van der Waals surface area (Å²) in [5.74, 6) is 0.276. The summed E-state index contributed by atoms with van der Waals surface area (Å²) in [6.07, 6.45) is 0.393. The molecule has 0 spiro atoms. The van der Waals surface area contributed by atoms with Crippen molar-refractivity contribution in [2.45, 2.75) is 45.9 Å².